The summed E-state index contributed by atoms with van der Waals surface area (Å²) in [5.74, 6) is -0.320. The van der Waals surface area contributed by atoms with Crippen molar-refractivity contribution in [3.05, 3.63) is 35.3 Å². The molecule has 1 aromatic carbocycles. The molecule has 0 unspecified atom stereocenters. The van der Waals surface area contributed by atoms with Crippen molar-refractivity contribution < 1.29 is 17.5 Å². The highest BCUT2D eigenvalue weighted by atomic mass is 32.2. The summed E-state index contributed by atoms with van der Waals surface area (Å²) >= 11 is 1.65. The molecule has 0 radical (unpaired) electrons. The fourth-order valence-corrected chi connectivity index (χ4v) is 3.59. The molecule has 0 aliphatic carbocycles. The average Bonchev–Trinajstić information content (AvgIpc) is 2.67. The van der Waals surface area contributed by atoms with Crippen LogP contribution in [-0.4, -0.2) is 18.7 Å². The lowest BCUT2D eigenvalue weighted by Gasteiger charge is -2.04. The van der Waals surface area contributed by atoms with E-state index in [2.05, 4.69) is 4.57 Å². The first-order valence-corrected chi connectivity index (χ1v) is 8.38. The van der Waals surface area contributed by atoms with Gasteiger partial charge in [-0.15, -0.1) is 0 Å². The maximum absolute atomic E-state index is 10.7. The molecular formula is C13H15NO3S2. The van der Waals surface area contributed by atoms with Crippen LogP contribution >= 0.6 is 11.3 Å². The summed E-state index contributed by atoms with van der Waals surface area (Å²) in [6.45, 7) is 2.47. The molecule has 0 atom stereocenters. The maximum Gasteiger partial charge on any atom is 0.262 e. The van der Waals surface area contributed by atoms with E-state index in [1.165, 1.54) is 0 Å². The van der Waals surface area contributed by atoms with Crippen LogP contribution < -0.4 is 4.57 Å². The lowest BCUT2D eigenvalue weighted by Crippen LogP contribution is -2.35. The van der Waals surface area contributed by atoms with Crippen molar-refractivity contribution in [2.75, 3.05) is 5.75 Å². The van der Waals surface area contributed by atoms with Crippen molar-refractivity contribution in [2.24, 2.45) is 0 Å². The SMILES string of the molecule is C/C=C/c1sc2ccccc2[n+]1CCCS(=O)(=O)[O-]. The summed E-state index contributed by atoms with van der Waals surface area (Å²) < 4.78 is 35.2. The molecule has 0 amide bonds. The van der Waals surface area contributed by atoms with Gasteiger partial charge in [0.05, 0.1) is 10.1 Å². The Balaban J connectivity index is 2.31. The average molecular weight is 297 g/mol. The number of aromatic nitrogens is 1. The van der Waals surface area contributed by atoms with Crippen molar-refractivity contribution in [2.45, 2.75) is 19.9 Å². The Morgan fingerprint density at radius 2 is 2.11 bits per heavy atom. The first-order valence-electron chi connectivity index (χ1n) is 5.99. The van der Waals surface area contributed by atoms with Crippen molar-refractivity contribution in [1.29, 1.82) is 0 Å². The zero-order valence-corrected chi connectivity index (χ0v) is 12.2. The predicted molar refractivity (Wildman–Crippen MR) is 75.9 cm³/mol. The second kappa shape index (κ2) is 5.81. The maximum atomic E-state index is 10.7. The van der Waals surface area contributed by atoms with Crippen LogP contribution in [0.15, 0.2) is 30.3 Å². The van der Waals surface area contributed by atoms with E-state index in [-0.39, 0.29) is 5.75 Å². The third kappa shape index (κ3) is 3.62. The third-order valence-corrected chi connectivity index (χ3v) is 4.64. The van der Waals surface area contributed by atoms with Crippen LogP contribution in [0.3, 0.4) is 0 Å². The topological polar surface area (TPSA) is 61.1 Å². The van der Waals surface area contributed by atoms with E-state index < -0.39 is 10.1 Å². The smallest absolute Gasteiger partial charge is 0.262 e. The van der Waals surface area contributed by atoms with Gasteiger partial charge in [0.1, 0.15) is 4.70 Å². The molecule has 0 bridgehead atoms. The molecular weight excluding hydrogens is 282 g/mol. The van der Waals surface area contributed by atoms with Crippen LogP contribution in [0.4, 0.5) is 0 Å². The third-order valence-electron chi connectivity index (χ3n) is 2.72. The number of thiazole rings is 1. The molecule has 4 nitrogen and oxygen atoms in total. The second-order valence-electron chi connectivity index (χ2n) is 4.18. The van der Waals surface area contributed by atoms with Crippen molar-refractivity contribution >= 4 is 37.7 Å². The molecule has 2 aromatic rings. The monoisotopic (exact) mass is 297 g/mol. The van der Waals surface area contributed by atoms with Gasteiger partial charge in [0.25, 0.3) is 5.01 Å². The van der Waals surface area contributed by atoms with Gasteiger partial charge in [0, 0.05) is 24.3 Å². The van der Waals surface area contributed by atoms with Crippen LogP contribution in [0.25, 0.3) is 16.3 Å². The lowest BCUT2D eigenvalue weighted by atomic mass is 10.3. The molecule has 0 spiro atoms. The minimum Gasteiger partial charge on any atom is -0.748 e. The number of rotatable bonds is 5. The van der Waals surface area contributed by atoms with Gasteiger partial charge in [-0.3, -0.25) is 0 Å². The van der Waals surface area contributed by atoms with Gasteiger partial charge in [-0.2, -0.15) is 4.57 Å². The minimum atomic E-state index is -4.13. The summed E-state index contributed by atoms with van der Waals surface area (Å²) in [5, 5.41) is 1.06. The Hall–Kier alpha value is -1.24. The molecule has 102 valence electrons. The molecule has 1 heterocycles. The Labute approximate surface area is 116 Å². The van der Waals surface area contributed by atoms with E-state index in [9.17, 15) is 13.0 Å². The Bertz CT molecular complexity index is 702. The Kier molecular flexibility index (Phi) is 4.34. The van der Waals surface area contributed by atoms with Crippen LogP contribution in [0, 0.1) is 0 Å². The first kappa shape index (κ1) is 14.2. The van der Waals surface area contributed by atoms with Crippen molar-refractivity contribution in [3.63, 3.8) is 0 Å². The molecule has 0 saturated heterocycles. The van der Waals surface area contributed by atoms with E-state index in [1.807, 2.05) is 43.3 Å². The highest BCUT2D eigenvalue weighted by molar-refractivity contribution is 7.85. The first-order chi connectivity index (χ1) is 9.01. The molecule has 6 heteroatoms. The fourth-order valence-electron chi connectivity index (χ4n) is 1.95. The molecule has 0 aliphatic heterocycles. The normalized spacial score (nSPS) is 12.5. The van der Waals surface area contributed by atoms with E-state index in [0.29, 0.717) is 13.0 Å². The summed E-state index contributed by atoms with van der Waals surface area (Å²) in [5.41, 5.74) is 1.07. The van der Waals surface area contributed by atoms with Crippen LogP contribution in [0.1, 0.15) is 18.4 Å². The largest absolute Gasteiger partial charge is 0.748 e. The van der Waals surface area contributed by atoms with Crippen molar-refractivity contribution in [1.82, 2.24) is 0 Å². The van der Waals surface area contributed by atoms with E-state index >= 15 is 0 Å². The molecule has 1 aromatic heterocycles. The molecule has 0 fully saturated rings. The summed E-state index contributed by atoms with van der Waals surface area (Å²) in [4.78, 5) is 0. The molecule has 0 N–H and O–H groups in total. The molecule has 0 saturated carbocycles. The Morgan fingerprint density at radius 1 is 1.37 bits per heavy atom. The zero-order valence-electron chi connectivity index (χ0n) is 10.6. The molecule has 19 heavy (non-hydrogen) atoms. The molecule has 2 rings (SSSR count). The molecule has 0 aliphatic rings. The number of benzene rings is 1. The van der Waals surface area contributed by atoms with Gasteiger partial charge >= 0.3 is 0 Å². The summed E-state index contributed by atoms with van der Waals surface area (Å²) in [6.07, 6.45) is 4.28. The predicted octanol–water partition coefficient (Wildman–Crippen LogP) is 2.16. The van der Waals surface area contributed by atoms with Crippen molar-refractivity contribution in [3.8, 4) is 0 Å². The van der Waals surface area contributed by atoms with Gasteiger partial charge in [-0.25, -0.2) is 8.42 Å². The highest BCUT2D eigenvalue weighted by Crippen LogP contribution is 2.21. The van der Waals surface area contributed by atoms with Crippen LogP contribution in [-0.2, 0) is 16.7 Å². The standard InChI is InChI=1S/C13H15NO3S2/c1-2-6-13-14(9-5-10-19(15,16)17)11-7-3-4-8-12(11)18-13/h2-4,6-8H,5,9-10H2,1H3/b6-2+. The quantitative estimate of drug-likeness (QED) is 0.627. The minimum absolute atomic E-state index is 0.320. The Morgan fingerprint density at radius 3 is 2.79 bits per heavy atom. The number of allylic oxidation sites excluding steroid dienone is 1. The van der Waals surface area contributed by atoms with Gasteiger partial charge in [0.15, 0.2) is 6.54 Å². The fraction of sp³-hybridized carbons (Fsp3) is 0.308. The number of aryl methyl sites for hydroxylation is 1. The summed E-state index contributed by atoms with van der Waals surface area (Å²) in [7, 11) is -4.13. The van der Waals surface area contributed by atoms with Crippen LogP contribution in [0.2, 0.25) is 0 Å². The number of fused-ring (bicyclic) bond motifs is 1. The summed E-state index contributed by atoms with van der Waals surface area (Å²) in [6, 6.07) is 7.97. The van der Waals surface area contributed by atoms with E-state index in [1.54, 1.807) is 11.3 Å². The van der Waals surface area contributed by atoms with E-state index in [0.717, 1.165) is 15.2 Å². The number of para-hydroxylation sites is 1. The zero-order chi connectivity index (χ0) is 13.9. The van der Waals surface area contributed by atoms with E-state index in [4.69, 9.17) is 0 Å². The van der Waals surface area contributed by atoms with Gasteiger partial charge in [0.2, 0.25) is 5.52 Å². The highest BCUT2D eigenvalue weighted by Gasteiger charge is 2.17. The van der Waals surface area contributed by atoms with Crippen LogP contribution in [0.5, 0.6) is 0 Å². The number of hydrogen-bond donors (Lipinski definition) is 0. The van der Waals surface area contributed by atoms with Gasteiger partial charge < -0.3 is 4.55 Å². The van der Waals surface area contributed by atoms with Gasteiger partial charge in [-0.05, 0) is 13.0 Å². The second-order valence-corrected chi connectivity index (χ2v) is 6.76. The number of hydrogen-bond acceptors (Lipinski definition) is 4. The lowest BCUT2D eigenvalue weighted by molar-refractivity contribution is -0.668. The van der Waals surface area contributed by atoms with Gasteiger partial charge in [-0.1, -0.05) is 29.5 Å². The number of nitrogens with zero attached hydrogens (tertiary/aromatic N) is 1.